The molecule has 0 N–H and O–H groups in total. The van der Waals surface area contributed by atoms with Crippen LogP contribution in [-0.2, 0) is 18.3 Å². The average Bonchev–Trinajstić information content (AvgIpc) is 3.47. The van der Waals surface area contributed by atoms with Crippen molar-refractivity contribution in [3.05, 3.63) is 40.9 Å². The van der Waals surface area contributed by atoms with Crippen molar-refractivity contribution in [2.45, 2.75) is 25.7 Å². The fourth-order valence-electron chi connectivity index (χ4n) is 3.43. The number of rotatable bonds is 6. The number of hydrogen-bond donors (Lipinski definition) is 0. The first kappa shape index (κ1) is 18.5. The quantitative estimate of drug-likeness (QED) is 0.592. The number of thiophene rings is 1. The summed E-state index contributed by atoms with van der Waals surface area (Å²) in [4.78, 5) is 31.2. The summed E-state index contributed by atoms with van der Waals surface area (Å²) < 4.78 is 7.36. The molecule has 1 aliphatic heterocycles. The lowest BCUT2D eigenvalue weighted by Crippen LogP contribution is -2.42. The van der Waals surface area contributed by atoms with E-state index in [2.05, 4.69) is 15.2 Å². The van der Waals surface area contributed by atoms with Crippen LogP contribution in [-0.4, -0.2) is 49.4 Å². The molecule has 0 bridgehead atoms. The van der Waals surface area contributed by atoms with Gasteiger partial charge in [0.15, 0.2) is 5.82 Å². The van der Waals surface area contributed by atoms with Gasteiger partial charge in [0.1, 0.15) is 0 Å². The number of carbonyl (C=O) groups excluding carboxylic acids is 2. The third-order valence-corrected chi connectivity index (χ3v) is 5.66. The lowest BCUT2D eigenvalue weighted by atomic mass is 9.93. The third kappa shape index (κ3) is 3.89. The SMILES string of the molecule is Cn1ccnc1C(=O)[C@H]1CCCN(C(=O)CCc2nnc(-c3ccsc3)o2)C1. The van der Waals surface area contributed by atoms with Gasteiger partial charge >= 0.3 is 0 Å². The highest BCUT2D eigenvalue weighted by Crippen LogP contribution is 2.23. The van der Waals surface area contributed by atoms with E-state index in [0.29, 0.717) is 37.1 Å². The summed E-state index contributed by atoms with van der Waals surface area (Å²) >= 11 is 1.56. The number of amides is 1. The molecule has 4 rings (SSSR count). The van der Waals surface area contributed by atoms with E-state index in [1.54, 1.807) is 40.2 Å². The number of aromatic nitrogens is 4. The van der Waals surface area contributed by atoms with Crippen molar-refractivity contribution in [2.24, 2.45) is 13.0 Å². The minimum atomic E-state index is -0.201. The van der Waals surface area contributed by atoms with Crippen molar-refractivity contribution in [3.8, 4) is 11.5 Å². The molecule has 146 valence electrons. The molecule has 8 nitrogen and oxygen atoms in total. The Kier molecular flexibility index (Phi) is 5.34. The van der Waals surface area contributed by atoms with Gasteiger partial charge in [0.25, 0.3) is 0 Å². The predicted molar refractivity (Wildman–Crippen MR) is 103 cm³/mol. The number of imidazole rings is 1. The number of piperidine rings is 1. The number of carbonyl (C=O) groups is 2. The number of aryl methyl sites for hydroxylation is 2. The van der Waals surface area contributed by atoms with Crippen LogP contribution in [0.2, 0.25) is 0 Å². The molecule has 0 spiro atoms. The Labute approximate surface area is 166 Å². The summed E-state index contributed by atoms with van der Waals surface area (Å²) in [6.07, 6.45) is 5.65. The molecule has 0 unspecified atom stereocenters. The van der Waals surface area contributed by atoms with Gasteiger partial charge in [-0.25, -0.2) is 4.98 Å². The second-order valence-corrected chi connectivity index (χ2v) is 7.70. The zero-order chi connectivity index (χ0) is 19.5. The van der Waals surface area contributed by atoms with Crippen LogP contribution >= 0.6 is 11.3 Å². The van der Waals surface area contributed by atoms with E-state index >= 15 is 0 Å². The summed E-state index contributed by atoms with van der Waals surface area (Å²) in [5, 5.41) is 11.9. The molecule has 1 amide bonds. The summed E-state index contributed by atoms with van der Waals surface area (Å²) in [5.74, 6) is 1.18. The molecule has 9 heteroatoms. The zero-order valence-corrected chi connectivity index (χ0v) is 16.4. The van der Waals surface area contributed by atoms with Gasteiger partial charge in [-0.2, -0.15) is 11.3 Å². The van der Waals surface area contributed by atoms with Gasteiger partial charge in [-0.3, -0.25) is 9.59 Å². The van der Waals surface area contributed by atoms with Crippen LogP contribution in [0.5, 0.6) is 0 Å². The molecule has 1 atom stereocenters. The second-order valence-electron chi connectivity index (χ2n) is 6.92. The first-order valence-corrected chi connectivity index (χ1v) is 10.2. The number of nitrogens with zero attached hydrogens (tertiary/aromatic N) is 5. The van der Waals surface area contributed by atoms with Crippen LogP contribution in [0, 0.1) is 5.92 Å². The van der Waals surface area contributed by atoms with Crippen LogP contribution in [0.15, 0.2) is 33.6 Å². The molecule has 3 aromatic heterocycles. The predicted octanol–water partition coefficient (Wildman–Crippen LogP) is 2.59. The normalized spacial score (nSPS) is 17.0. The highest BCUT2D eigenvalue weighted by atomic mass is 32.1. The van der Waals surface area contributed by atoms with Gasteiger partial charge in [-0.1, -0.05) is 0 Å². The maximum absolute atomic E-state index is 12.7. The smallest absolute Gasteiger partial charge is 0.248 e. The molecule has 0 aliphatic carbocycles. The monoisotopic (exact) mass is 399 g/mol. The Bertz CT molecular complexity index is 962. The number of likely N-dealkylation sites (tertiary alicyclic amines) is 1. The molecule has 28 heavy (non-hydrogen) atoms. The first-order valence-electron chi connectivity index (χ1n) is 9.26. The number of Topliss-reactive ketones (excluding diaryl/α,β-unsaturated/α-hetero) is 1. The van der Waals surface area contributed by atoms with E-state index in [-0.39, 0.29) is 24.0 Å². The van der Waals surface area contributed by atoms with Gasteiger partial charge in [-0.05, 0) is 24.3 Å². The summed E-state index contributed by atoms with van der Waals surface area (Å²) in [5.41, 5.74) is 0.891. The minimum Gasteiger partial charge on any atom is -0.421 e. The number of hydrogen-bond acceptors (Lipinski definition) is 7. The highest BCUT2D eigenvalue weighted by molar-refractivity contribution is 7.08. The van der Waals surface area contributed by atoms with Crippen LogP contribution < -0.4 is 0 Å². The van der Waals surface area contributed by atoms with Crippen molar-refractivity contribution in [2.75, 3.05) is 13.1 Å². The molecule has 0 radical (unpaired) electrons. The Balaban J connectivity index is 1.33. The van der Waals surface area contributed by atoms with E-state index < -0.39 is 0 Å². The highest BCUT2D eigenvalue weighted by Gasteiger charge is 2.30. The van der Waals surface area contributed by atoms with E-state index in [4.69, 9.17) is 4.42 Å². The Hall–Kier alpha value is -2.81. The lowest BCUT2D eigenvalue weighted by Gasteiger charge is -2.31. The van der Waals surface area contributed by atoms with Crippen LogP contribution in [0.3, 0.4) is 0 Å². The summed E-state index contributed by atoms with van der Waals surface area (Å²) in [6.45, 7) is 1.11. The van der Waals surface area contributed by atoms with Crippen molar-refractivity contribution in [3.63, 3.8) is 0 Å². The topological polar surface area (TPSA) is 94.1 Å². The molecule has 1 saturated heterocycles. The van der Waals surface area contributed by atoms with Gasteiger partial charge in [-0.15, -0.1) is 10.2 Å². The van der Waals surface area contributed by atoms with E-state index in [1.165, 1.54) is 0 Å². The summed E-state index contributed by atoms with van der Waals surface area (Å²) in [7, 11) is 1.81. The first-order chi connectivity index (χ1) is 13.6. The standard InChI is InChI=1S/C19H21N5O3S/c1-23-9-7-20-18(23)17(26)13-3-2-8-24(11-13)16(25)5-4-15-21-22-19(27-15)14-6-10-28-12-14/h6-7,9-10,12-13H,2-5,8,11H2,1H3/t13-/m0/s1. The van der Waals surface area contributed by atoms with E-state index in [9.17, 15) is 9.59 Å². The van der Waals surface area contributed by atoms with E-state index in [1.807, 2.05) is 16.8 Å². The average molecular weight is 399 g/mol. The van der Waals surface area contributed by atoms with Gasteiger partial charge in [0.2, 0.25) is 23.5 Å². The maximum atomic E-state index is 12.7. The minimum absolute atomic E-state index is 0.00214. The van der Waals surface area contributed by atoms with Crippen LogP contribution in [0.4, 0.5) is 0 Å². The largest absolute Gasteiger partial charge is 0.421 e. The maximum Gasteiger partial charge on any atom is 0.248 e. The Morgan fingerprint density at radius 3 is 3.00 bits per heavy atom. The lowest BCUT2D eigenvalue weighted by molar-refractivity contribution is -0.132. The van der Waals surface area contributed by atoms with Crippen molar-refractivity contribution in [1.29, 1.82) is 0 Å². The van der Waals surface area contributed by atoms with Crippen LogP contribution in [0.1, 0.15) is 35.8 Å². The third-order valence-electron chi connectivity index (χ3n) is 4.97. The van der Waals surface area contributed by atoms with E-state index in [0.717, 1.165) is 18.4 Å². The molecule has 3 aromatic rings. The zero-order valence-electron chi connectivity index (χ0n) is 15.6. The fourth-order valence-corrected chi connectivity index (χ4v) is 4.06. The molecular formula is C19H21N5O3S. The molecule has 1 aliphatic rings. The Morgan fingerprint density at radius 1 is 1.36 bits per heavy atom. The van der Waals surface area contributed by atoms with Crippen molar-refractivity contribution in [1.82, 2.24) is 24.6 Å². The van der Waals surface area contributed by atoms with Gasteiger partial charge in [0, 0.05) is 62.2 Å². The summed E-state index contributed by atoms with van der Waals surface area (Å²) in [6, 6.07) is 1.92. The van der Waals surface area contributed by atoms with Crippen molar-refractivity contribution < 1.29 is 14.0 Å². The van der Waals surface area contributed by atoms with Crippen LogP contribution in [0.25, 0.3) is 11.5 Å². The molecule has 4 heterocycles. The molecule has 0 aromatic carbocycles. The Morgan fingerprint density at radius 2 is 2.25 bits per heavy atom. The molecule has 0 saturated carbocycles. The number of ketones is 1. The second kappa shape index (κ2) is 8.05. The molecule has 1 fully saturated rings. The van der Waals surface area contributed by atoms with Gasteiger partial charge in [0.05, 0.1) is 0 Å². The van der Waals surface area contributed by atoms with Crippen molar-refractivity contribution >= 4 is 23.0 Å². The molecular weight excluding hydrogens is 378 g/mol. The van der Waals surface area contributed by atoms with Gasteiger partial charge < -0.3 is 13.9 Å². The fraction of sp³-hybridized carbons (Fsp3) is 0.421.